The minimum atomic E-state index is -0.400. The van der Waals surface area contributed by atoms with E-state index in [9.17, 15) is 9.90 Å². The predicted octanol–water partition coefficient (Wildman–Crippen LogP) is 2.77. The van der Waals surface area contributed by atoms with E-state index < -0.39 is 6.10 Å². The van der Waals surface area contributed by atoms with Gasteiger partial charge in [0.25, 0.3) is 5.91 Å². The summed E-state index contributed by atoms with van der Waals surface area (Å²) in [5, 5.41) is 10.9. The van der Waals surface area contributed by atoms with Crippen LogP contribution in [0.2, 0.25) is 0 Å². The van der Waals surface area contributed by atoms with Gasteiger partial charge < -0.3 is 15.0 Å². The first-order valence-electron chi connectivity index (χ1n) is 6.76. The number of H-pyrrole nitrogens is 1. The molecular weight excluding hydrogens is 320 g/mol. The van der Waals surface area contributed by atoms with E-state index in [-0.39, 0.29) is 5.91 Å². The molecule has 1 aliphatic carbocycles. The zero-order chi connectivity index (χ0) is 14.3. The molecule has 0 spiro atoms. The van der Waals surface area contributed by atoms with Gasteiger partial charge in [-0.1, -0.05) is 22.0 Å². The number of halogens is 1. The summed E-state index contributed by atoms with van der Waals surface area (Å²) in [6.45, 7) is 0.391. The van der Waals surface area contributed by atoms with Crippen LogP contribution in [-0.2, 0) is 0 Å². The maximum atomic E-state index is 12.3. The Bertz CT molecular complexity index is 648. The van der Waals surface area contributed by atoms with Crippen LogP contribution in [0.4, 0.5) is 0 Å². The van der Waals surface area contributed by atoms with Crippen molar-refractivity contribution in [2.75, 3.05) is 13.6 Å². The van der Waals surface area contributed by atoms with Crippen LogP contribution in [0.25, 0.3) is 10.9 Å². The number of hydrogen-bond acceptors (Lipinski definition) is 2. The molecule has 1 fully saturated rings. The Balaban J connectivity index is 1.76. The van der Waals surface area contributed by atoms with Crippen LogP contribution in [0.3, 0.4) is 0 Å². The number of aromatic nitrogens is 1. The van der Waals surface area contributed by atoms with Crippen molar-refractivity contribution in [3.63, 3.8) is 0 Å². The van der Waals surface area contributed by atoms with E-state index in [2.05, 4.69) is 20.9 Å². The van der Waals surface area contributed by atoms with Crippen molar-refractivity contribution in [3.8, 4) is 0 Å². The third-order valence-electron chi connectivity index (χ3n) is 3.79. The highest BCUT2D eigenvalue weighted by Crippen LogP contribution is 2.32. The van der Waals surface area contributed by atoms with Crippen LogP contribution in [0, 0.1) is 5.92 Å². The molecule has 4 nitrogen and oxygen atoms in total. The number of likely N-dealkylation sites (N-methyl/N-ethyl adjacent to an activating group) is 1. The highest BCUT2D eigenvalue weighted by molar-refractivity contribution is 9.10. The number of carbonyl (C=O) groups excluding carboxylic acids is 1. The van der Waals surface area contributed by atoms with Crippen LogP contribution in [0.15, 0.2) is 28.7 Å². The molecule has 106 valence electrons. The molecule has 1 atom stereocenters. The Morgan fingerprint density at radius 3 is 2.95 bits per heavy atom. The standard InChI is InChI=1S/C15H17BrN2O2/c1-18(8-14(19)9-2-3-9)15(20)13-6-10-4-5-11(16)7-12(10)17-13/h4-7,9,14,17,19H,2-3,8H2,1H3. The smallest absolute Gasteiger partial charge is 0.270 e. The fraction of sp³-hybridized carbons (Fsp3) is 0.400. The van der Waals surface area contributed by atoms with Gasteiger partial charge in [-0.05, 0) is 37.0 Å². The van der Waals surface area contributed by atoms with Gasteiger partial charge in [-0.3, -0.25) is 4.79 Å². The third kappa shape index (κ3) is 2.74. The van der Waals surface area contributed by atoms with Crippen LogP contribution in [0.1, 0.15) is 23.3 Å². The highest BCUT2D eigenvalue weighted by atomic mass is 79.9. The number of nitrogens with zero attached hydrogens (tertiary/aromatic N) is 1. The molecule has 3 rings (SSSR count). The van der Waals surface area contributed by atoms with Gasteiger partial charge in [0.05, 0.1) is 6.10 Å². The highest BCUT2D eigenvalue weighted by Gasteiger charge is 2.31. The Morgan fingerprint density at radius 1 is 1.50 bits per heavy atom. The summed E-state index contributed by atoms with van der Waals surface area (Å²) < 4.78 is 0.975. The second-order valence-electron chi connectivity index (χ2n) is 5.51. The lowest BCUT2D eigenvalue weighted by molar-refractivity contribution is 0.0641. The van der Waals surface area contributed by atoms with Crippen LogP contribution in [0.5, 0.6) is 0 Å². The number of aromatic amines is 1. The Morgan fingerprint density at radius 2 is 2.25 bits per heavy atom. The lowest BCUT2D eigenvalue weighted by Gasteiger charge is -2.20. The molecule has 0 radical (unpaired) electrons. The normalized spacial score (nSPS) is 16.4. The average molecular weight is 337 g/mol. The maximum Gasteiger partial charge on any atom is 0.270 e. The van der Waals surface area contributed by atoms with Gasteiger partial charge in [0.2, 0.25) is 0 Å². The van der Waals surface area contributed by atoms with Crippen molar-refractivity contribution in [2.24, 2.45) is 5.92 Å². The molecule has 1 aromatic heterocycles. The maximum absolute atomic E-state index is 12.3. The Hall–Kier alpha value is -1.33. The molecule has 2 N–H and O–H groups in total. The molecule has 0 aliphatic heterocycles. The SMILES string of the molecule is CN(CC(O)C1CC1)C(=O)c1cc2ccc(Br)cc2[nH]1. The Kier molecular flexibility index (Phi) is 3.56. The minimum absolute atomic E-state index is 0.0861. The number of fused-ring (bicyclic) bond motifs is 1. The molecule has 0 saturated heterocycles. The number of carbonyl (C=O) groups is 1. The van der Waals surface area contributed by atoms with E-state index >= 15 is 0 Å². The van der Waals surface area contributed by atoms with Crippen LogP contribution >= 0.6 is 15.9 Å². The summed E-state index contributed by atoms with van der Waals surface area (Å²) in [4.78, 5) is 17.1. The first-order valence-corrected chi connectivity index (χ1v) is 7.55. The van der Waals surface area contributed by atoms with Crippen molar-refractivity contribution >= 4 is 32.7 Å². The third-order valence-corrected chi connectivity index (χ3v) is 4.28. The van der Waals surface area contributed by atoms with Crippen molar-refractivity contribution in [2.45, 2.75) is 18.9 Å². The molecule has 1 aromatic carbocycles. The van der Waals surface area contributed by atoms with Crippen molar-refractivity contribution in [1.29, 1.82) is 0 Å². The topological polar surface area (TPSA) is 56.3 Å². The van der Waals surface area contributed by atoms with Crippen molar-refractivity contribution in [1.82, 2.24) is 9.88 Å². The zero-order valence-corrected chi connectivity index (χ0v) is 12.9. The number of amides is 1. The van der Waals surface area contributed by atoms with E-state index in [0.29, 0.717) is 18.2 Å². The number of nitrogens with one attached hydrogen (secondary N) is 1. The summed E-state index contributed by atoms with van der Waals surface area (Å²) >= 11 is 3.41. The zero-order valence-electron chi connectivity index (χ0n) is 11.3. The van der Waals surface area contributed by atoms with Gasteiger partial charge in [-0.15, -0.1) is 0 Å². The molecule has 1 unspecified atom stereocenters. The predicted molar refractivity (Wildman–Crippen MR) is 81.7 cm³/mol. The fourth-order valence-corrected chi connectivity index (χ4v) is 2.77. The van der Waals surface area contributed by atoms with Gasteiger partial charge in [-0.2, -0.15) is 0 Å². The number of aliphatic hydroxyl groups is 1. The first kappa shape index (κ1) is 13.6. The summed E-state index contributed by atoms with van der Waals surface area (Å²) in [7, 11) is 1.73. The van der Waals surface area contributed by atoms with Gasteiger partial charge >= 0.3 is 0 Å². The molecule has 0 bridgehead atoms. The van der Waals surface area contributed by atoms with Gasteiger partial charge in [0.15, 0.2) is 0 Å². The molecule has 1 amide bonds. The summed E-state index contributed by atoms with van der Waals surface area (Å²) in [6, 6.07) is 7.71. The van der Waals surface area contributed by atoms with Gasteiger partial charge in [0.1, 0.15) is 5.69 Å². The second-order valence-corrected chi connectivity index (χ2v) is 6.42. The molecule has 1 heterocycles. The van der Waals surface area contributed by atoms with Gasteiger partial charge in [-0.25, -0.2) is 0 Å². The molecule has 20 heavy (non-hydrogen) atoms. The number of hydrogen-bond donors (Lipinski definition) is 2. The fourth-order valence-electron chi connectivity index (χ4n) is 2.41. The van der Waals surface area contributed by atoms with E-state index in [1.165, 1.54) is 0 Å². The molecule has 1 aliphatic rings. The van der Waals surface area contributed by atoms with E-state index in [1.54, 1.807) is 11.9 Å². The molecule has 1 saturated carbocycles. The van der Waals surface area contributed by atoms with Crippen molar-refractivity contribution < 1.29 is 9.90 Å². The van der Waals surface area contributed by atoms with Crippen molar-refractivity contribution in [3.05, 3.63) is 34.4 Å². The monoisotopic (exact) mass is 336 g/mol. The first-order chi connectivity index (χ1) is 9.54. The summed E-state index contributed by atoms with van der Waals surface area (Å²) in [6.07, 6.45) is 1.75. The lowest BCUT2D eigenvalue weighted by atomic mass is 10.2. The quantitative estimate of drug-likeness (QED) is 0.901. The summed E-state index contributed by atoms with van der Waals surface area (Å²) in [5.41, 5.74) is 1.49. The minimum Gasteiger partial charge on any atom is -0.391 e. The van der Waals surface area contributed by atoms with E-state index in [1.807, 2.05) is 24.3 Å². The Labute approximate surface area is 125 Å². The second kappa shape index (κ2) is 5.22. The van der Waals surface area contributed by atoms with E-state index in [0.717, 1.165) is 28.2 Å². The summed E-state index contributed by atoms with van der Waals surface area (Å²) in [5.74, 6) is 0.293. The molecule has 2 aromatic rings. The van der Waals surface area contributed by atoms with Crippen LogP contribution in [-0.4, -0.2) is 40.6 Å². The van der Waals surface area contributed by atoms with Gasteiger partial charge in [0, 0.05) is 29.0 Å². The lowest BCUT2D eigenvalue weighted by Crippen LogP contribution is -2.35. The number of benzene rings is 1. The van der Waals surface area contributed by atoms with E-state index in [4.69, 9.17) is 0 Å². The number of aliphatic hydroxyl groups excluding tert-OH is 1. The number of rotatable bonds is 4. The largest absolute Gasteiger partial charge is 0.391 e. The molecule has 5 heteroatoms. The van der Waals surface area contributed by atoms with Crippen LogP contribution < -0.4 is 0 Å². The molecular formula is C15H17BrN2O2. The average Bonchev–Trinajstić information content (AvgIpc) is 3.18.